The zero-order valence-corrected chi connectivity index (χ0v) is 10.6. The fraction of sp³-hybridized carbons (Fsp3) is 0.455. The van der Waals surface area contributed by atoms with Crippen molar-refractivity contribution in [1.82, 2.24) is 14.9 Å². The Morgan fingerprint density at radius 3 is 2.50 bits per heavy atom. The van der Waals surface area contributed by atoms with Crippen molar-refractivity contribution in [2.75, 3.05) is 32.1 Å². The SMILES string of the molecule is CCN(CC(=O)N(C)C)c1cncc(C(=O)O)n1. The number of amides is 1. The Bertz CT molecular complexity index is 448. The maximum Gasteiger partial charge on any atom is 0.356 e. The molecule has 1 heterocycles. The Morgan fingerprint density at radius 2 is 2.00 bits per heavy atom. The van der Waals surface area contributed by atoms with E-state index in [4.69, 9.17) is 5.11 Å². The van der Waals surface area contributed by atoms with Gasteiger partial charge in [-0.1, -0.05) is 0 Å². The molecule has 1 amide bonds. The Labute approximate surface area is 105 Å². The molecule has 0 radical (unpaired) electrons. The number of rotatable bonds is 5. The molecule has 1 aromatic heterocycles. The van der Waals surface area contributed by atoms with E-state index in [2.05, 4.69) is 9.97 Å². The van der Waals surface area contributed by atoms with Crippen molar-refractivity contribution < 1.29 is 14.7 Å². The van der Waals surface area contributed by atoms with Crippen LogP contribution < -0.4 is 4.90 Å². The van der Waals surface area contributed by atoms with Crippen molar-refractivity contribution in [2.45, 2.75) is 6.92 Å². The van der Waals surface area contributed by atoms with Gasteiger partial charge in [0.15, 0.2) is 5.69 Å². The molecule has 1 aromatic rings. The number of carboxylic acids is 1. The fourth-order valence-electron chi connectivity index (χ4n) is 1.27. The highest BCUT2D eigenvalue weighted by Crippen LogP contribution is 2.09. The molecule has 0 unspecified atom stereocenters. The topological polar surface area (TPSA) is 86.6 Å². The highest BCUT2D eigenvalue weighted by molar-refractivity contribution is 5.85. The van der Waals surface area contributed by atoms with Gasteiger partial charge in [0.2, 0.25) is 5.91 Å². The average Bonchev–Trinajstić information content (AvgIpc) is 2.35. The first-order valence-corrected chi connectivity index (χ1v) is 5.46. The molecule has 0 aliphatic rings. The van der Waals surface area contributed by atoms with E-state index in [0.29, 0.717) is 12.4 Å². The van der Waals surface area contributed by atoms with Crippen LogP contribution in [0, 0.1) is 0 Å². The molecule has 98 valence electrons. The zero-order chi connectivity index (χ0) is 13.7. The van der Waals surface area contributed by atoms with E-state index in [1.807, 2.05) is 6.92 Å². The van der Waals surface area contributed by atoms with Crippen molar-refractivity contribution in [3.8, 4) is 0 Å². The summed E-state index contributed by atoms with van der Waals surface area (Å²) in [5.41, 5.74) is -0.136. The first kappa shape index (κ1) is 13.9. The van der Waals surface area contributed by atoms with Crippen LogP contribution in [0.3, 0.4) is 0 Å². The van der Waals surface area contributed by atoms with Gasteiger partial charge in [0.1, 0.15) is 5.82 Å². The smallest absolute Gasteiger partial charge is 0.356 e. The highest BCUT2D eigenvalue weighted by atomic mass is 16.4. The first-order valence-electron chi connectivity index (χ1n) is 5.46. The van der Waals surface area contributed by atoms with Gasteiger partial charge in [-0.3, -0.25) is 9.78 Å². The van der Waals surface area contributed by atoms with Gasteiger partial charge in [-0.25, -0.2) is 9.78 Å². The van der Waals surface area contributed by atoms with Crippen LogP contribution in [0.1, 0.15) is 17.4 Å². The Morgan fingerprint density at radius 1 is 1.33 bits per heavy atom. The lowest BCUT2D eigenvalue weighted by molar-refractivity contribution is -0.127. The first-order chi connectivity index (χ1) is 8.45. The van der Waals surface area contributed by atoms with Crippen molar-refractivity contribution in [1.29, 1.82) is 0 Å². The number of aromatic nitrogens is 2. The number of nitrogens with zero attached hydrogens (tertiary/aromatic N) is 4. The van der Waals surface area contributed by atoms with Crippen LogP contribution in [0.5, 0.6) is 0 Å². The minimum atomic E-state index is -1.14. The van der Waals surface area contributed by atoms with Crippen LogP contribution in [-0.4, -0.2) is 59.0 Å². The molecule has 1 N–H and O–H groups in total. The lowest BCUT2D eigenvalue weighted by atomic mass is 10.4. The lowest BCUT2D eigenvalue weighted by Gasteiger charge is -2.22. The van der Waals surface area contributed by atoms with Gasteiger partial charge >= 0.3 is 5.97 Å². The second kappa shape index (κ2) is 5.95. The van der Waals surface area contributed by atoms with Crippen molar-refractivity contribution >= 4 is 17.7 Å². The monoisotopic (exact) mass is 252 g/mol. The minimum Gasteiger partial charge on any atom is -0.476 e. The van der Waals surface area contributed by atoms with Crippen molar-refractivity contribution in [3.05, 3.63) is 18.1 Å². The molecule has 0 aliphatic heterocycles. The molecule has 7 nitrogen and oxygen atoms in total. The number of carbonyl (C=O) groups excluding carboxylic acids is 1. The van der Waals surface area contributed by atoms with Crippen LogP contribution in [0.2, 0.25) is 0 Å². The molecule has 18 heavy (non-hydrogen) atoms. The van der Waals surface area contributed by atoms with E-state index in [-0.39, 0.29) is 18.1 Å². The van der Waals surface area contributed by atoms with Crippen molar-refractivity contribution in [3.63, 3.8) is 0 Å². The maximum atomic E-state index is 11.6. The summed E-state index contributed by atoms with van der Waals surface area (Å²) < 4.78 is 0. The summed E-state index contributed by atoms with van der Waals surface area (Å²) in [6, 6.07) is 0. The number of hydrogen-bond acceptors (Lipinski definition) is 5. The van der Waals surface area contributed by atoms with E-state index >= 15 is 0 Å². The number of hydrogen-bond donors (Lipinski definition) is 1. The summed E-state index contributed by atoms with van der Waals surface area (Å²) in [6.45, 7) is 2.54. The predicted molar refractivity (Wildman–Crippen MR) is 65.6 cm³/mol. The third-order valence-corrected chi connectivity index (χ3v) is 2.37. The van der Waals surface area contributed by atoms with Crippen LogP contribution in [0.15, 0.2) is 12.4 Å². The quantitative estimate of drug-likeness (QED) is 0.799. The van der Waals surface area contributed by atoms with Gasteiger partial charge in [0.05, 0.1) is 18.9 Å². The molecule has 0 bridgehead atoms. The van der Waals surface area contributed by atoms with Gasteiger partial charge in [0.25, 0.3) is 0 Å². The van der Waals surface area contributed by atoms with E-state index in [9.17, 15) is 9.59 Å². The second-order valence-electron chi connectivity index (χ2n) is 3.87. The van der Waals surface area contributed by atoms with E-state index in [1.54, 1.807) is 19.0 Å². The number of aromatic carboxylic acids is 1. The van der Waals surface area contributed by atoms with E-state index < -0.39 is 5.97 Å². The van der Waals surface area contributed by atoms with Crippen LogP contribution in [-0.2, 0) is 4.79 Å². The average molecular weight is 252 g/mol. The summed E-state index contributed by atoms with van der Waals surface area (Å²) in [5, 5.41) is 8.84. The molecule has 0 saturated heterocycles. The number of likely N-dealkylation sites (N-methyl/N-ethyl adjacent to an activating group) is 2. The fourth-order valence-corrected chi connectivity index (χ4v) is 1.27. The molecule has 0 fully saturated rings. The number of carboxylic acid groups (broad SMARTS) is 1. The lowest BCUT2D eigenvalue weighted by Crippen LogP contribution is -2.37. The summed E-state index contributed by atoms with van der Waals surface area (Å²) in [4.78, 5) is 33.3. The predicted octanol–water partition coefficient (Wildman–Crippen LogP) is 0.0893. The number of anilines is 1. The van der Waals surface area contributed by atoms with Gasteiger partial charge < -0.3 is 14.9 Å². The second-order valence-corrected chi connectivity index (χ2v) is 3.87. The normalized spacial score (nSPS) is 9.94. The van der Waals surface area contributed by atoms with Crippen LogP contribution in [0.25, 0.3) is 0 Å². The Balaban J connectivity index is 2.91. The third-order valence-electron chi connectivity index (χ3n) is 2.37. The van der Waals surface area contributed by atoms with Gasteiger partial charge in [-0.2, -0.15) is 0 Å². The molecule has 0 spiro atoms. The van der Waals surface area contributed by atoms with Gasteiger partial charge in [0, 0.05) is 20.6 Å². The summed E-state index contributed by atoms with van der Waals surface area (Å²) in [7, 11) is 3.32. The molecule has 0 saturated carbocycles. The van der Waals surface area contributed by atoms with Crippen LogP contribution >= 0.6 is 0 Å². The van der Waals surface area contributed by atoms with Crippen molar-refractivity contribution in [2.24, 2.45) is 0 Å². The summed E-state index contributed by atoms with van der Waals surface area (Å²) in [6.07, 6.45) is 2.62. The Kier molecular flexibility index (Phi) is 4.59. The standard InChI is InChI=1S/C11H16N4O3/c1-4-15(7-10(16)14(2)3)9-6-12-5-8(13-9)11(17)18/h5-6H,4,7H2,1-3H3,(H,17,18). The zero-order valence-electron chi connectivity index (χ0n) is 10.6. The minimum absolute atomic E-state index is 0.0839. The Hall–Kier alpha value is -2.18. The third kappa shape index (κ3) is 3.41. The van der Waals surface area contributed by atoms with Gasteiger partial charge in [-0.15, -0.1) is 0 Å². The largest absolute Gasteiger partial charge is 0.476 e. The molecule has 0 aromatic carbocycles. The summed E-state index contributed by atoms with van der Waals surface area (Å²) >= 11 is 0. The maximum absolute atomic E-state index is 11.6. The number of carbonyl (C=O) groups is 2. The molecule has 7 heteroatoms. The highest BCUT2D eigenvalue weighted by Gasteiger charge is 2.14. The van der Waals surface area contributed by atoms with Gasteiger partial charge in [-0.05, 0) is 6.92 Å². The van der Waals surface area contributed by atoms with E-state index in [1.165, 1.54) is 17.3 Å². The molecule has 1 rings (SSSR count). The van der Waals surface area contributed by atoms with Crippen LogP contribution in [0.4, 0.5) is 5.82 Å². The van der Waals surface area contributed by atoms with E-state index in [0.717, 1.165) is 0 Å². The molecule has 0 atom stereocenters. The molecular weight excluding hydrogens is 236 g/mol. The molecule has 0 aliphatic carbocycles. The summed E-state index contributed by atoms with van der Waals surface area (Å²) in [5.74, 6) is -0.841. The molecular formula is C11H16N4O3.